The zero-order valence-corrected chi connectivity index (χ0v) is 9.72. The molecular weight excluding hydrogens is 248 g/mol. The van der Waals surface area contributed by atoms with Gasteiger partial charge in [-0.25, -0.2) is 4.79 Å². The van der Waals surface area contributed by atoms with E-state index in [0.717, 1.165) is 0 Å². The van der Waals surface area contributed by atoms with Gasteiger partial charge in [-0.3, -0.25) is 15.2 Å². The molecule has 0 saturated heterocycles. The van der Waals surface area contributed by atoms with E-state index in [0.29, 0.717) is 0 Å². The smallest absolute Gasteiger partial charge is 0.326 e. The summed E-state index contributed by atoms with van der Waals surface area (Å²) in [5.41, 5.74) is 3.70. The van der Waals surface area contributed by atoms with Crippen molar-refractivity contribution in [2.45, 2.75) is 6.54 Å². The molecule has 0 aliphatic rings. The Morgan fingerprint density at radius 1 is 1.53 bits per heavy atom. The molecule has 92 valence electrons. The van der Waals surface area contributed by atoms with E-state index in [1.165, 1.54) is 11.9 Å². The van der Waals surface area contributed by atoms with Gasteiger partial charge in [0, 0.05) is 7.05 Å². The van der Waals surface area contributed by atoms with Crippen LogP contribution in [0.3, 0.4) is 0 Å². The maximum absolute atomic E-state index is 11.2. The Labute approximate surface area is 102 Å². The molecule has 1 aromatic rings. The molecule has 0 spiro atoms. The van der Waals surface area contributed by atoms with Crippen molar-refractivity contribution in [2.24, 2.45) is 5.73 Å². The fraction of sp³-hybridized carbons (Fsp3) is 0.250. The lowest BCUT2D eigenvalue weighted by Gasteiger charge is -2.16. The van der Waals surface area contributed by atoms with Gasteiger partial charge in [0.25, 0.3) is 5.56 Å². The van der Waals surface area contributed by atoms with Crippen LogP contribution in [0, 0.1) is 16.7 Å². The van der Waals surface area contributed by atoms with Gasteiger partial charge in [-0.2, -0.15) is 5.26 Å². The molecule has 0 aliphatic carbocycles. The summed E-state index contributed by atoms with van der Waals surface area (Å²) in [7, 11) is 1.50. The van der Waals surface area contributed by atoms with Crippen LogP contribution in [-0.2, 0) is 6.54 Å². The second-order valence-corrected chi connectivity index (χ2v) is 3.11. The first-order valence-corrected chi connectivity index (χ1v) is 4.26. The number of H-pyrrole nitrogens is 2. The van der Waals surface area contributed by atoms with Crippen LogP contribution in [0.15, 0.2) is 9.59 Å². The highest BCUT2D eigenvalue weighted by Gasteiger charge is 2.11. The summed E-state index contributed by atoms with van der Waals surface area (Å²) in [5.74, 6) is -0.231. The maximum atomic E-state index is 11.2. The molecule has 1 aromatic heterocycles. The zero-order chi connectivity index (χ0) is 12.3. The fourth-order valence-corrected chi connectivity index (χ4v) is 1.09. The molecule has 0 atom stereocenters. The number of aromatic amines is 2. The molecule has 0 amide bonds. The summed E-state index contributed by atoms with van der Waals surface area (Å²) in [6.45, 7) is 0.0113. The predicted octanol–water partition coefficient (Wildman–Crippen LogP) is -1.32. The third-order valence-electron chi connectivity index (χ3n) is 1.94. The molecule has 5 N–H and O–H groups in total. The van der Waals surface area contributed by atoms with Crippen molar-refractivity contribution in [1.82, 2.24) is 14.9 Å². The third kappa shape index (κ3) is 3.35. The monoisotopic (exact) mass is 258 g/mol. The predicted molar refractivity (Wildman–Crippen MR) is 63.0 cm³/mol. The standard InChI is InChI=1S/C8H10N6O2.ClH/c1-14(7(10)11)3-5-4(2-9)6(15)13-8(16)12-5;/h3H2,1H3,(H3,10,11)(H2,12,13,15,16);1H. The lowest BCUT2D eigenvalue weighted by molar-refractivity contribution is 0.480. The maximum Gasteiger partial charge on any atom is 0.326 e. The molecule has 17 heavy (non-hydrogen) atoms. The Hall–Kier alpha value is -2.27. The van der Waals surface area contributed by atoms with Gasteiger partial charge in [0.15, 0.2) is 5.96 Å². The van der Waals surface area contributed by atoms with Crippen LogP contribution >= 0.6 is 12.4 Å². The van der Waals surface area contributed by atoms with Gasteiger partial charge < -0.3 is 15.6 Å². The molecular formula is C8H11ClN6O2. The van der Waals surface area contributed by atoms with Crippen molar-refractivity contribution in [2.75, 3.05) is 7.05 Å². The Kier molecular flexibility index (Phi) is 4.95. The van der Waals surface area contributed by atoms with Crippen LogP contribution in [0.5, 0.6) is 0 Å². The van der Waals surface area contributed by atoms with Gasteiger partial charge >= 0.3 is 5.69 Å². The number of halogens is 1. The highest BCUT2D eigenvalue weighted by molar-refractivity contribution is 5.85. The van der Waals surface area contributed by atoms with Crippen molar-refractivity contribution in [3.63, 3.8) is 0 Å². The molecule has 8 nitrogen and oxygen atoms in total. The van der Waals surface area contributed by atoms with E-state index >= 15 is 0 Å². The van der Waals surface area contributed by atoms with E-state index in [1.807, 2.05) is 4.98 Å². The lowest BCUT2D eigenvalue weighted by atomic mass is 10.2. The van der Waals surface area contributed by atoms with Crippen LogP contribution in [-0.4, -0.2) is 27.9 Å². The summed E-state index contributed by atoms with van der Waals surface area (Å²) in [4.78, 5) is 27.8. The quantitative estimate of drug-likeness (QED) is 0.384. The molecule has 0 aliphatic heterocycles. The van der Waals surface area contributed by atoms with Crippen molar-refractivity contribution < 1.29 is 0 Å². The minimum absolute atomic E-state index is 0. The van der Waals surface area contributed by atoms with Crippen molar-refractivity contribution in [3.05, 3.63) is 32.1 Å². The first-order valence-electron chi connectivity index (χ1n) is 4.26. The highest BCUT2D eigenvalue weighted by atomic mass is 35.5. The molecule has 0 saturated carbocycles. The molecule has 0 aromatic carbocycles. The van der Waals surface area contributed by atoms with Gasteiger partial charge in [0.1, 0.15) is 11.6 Å². The largest absolute Gasteiger partial charge is 0.370 e. The Morgan fingerprint density at radius 2 is 2.12 bits per heavy atom. The van der Waals surface area contributed by atoms with Crippen molar-refractivity contribution in [3.8, 4) is 6.07 Å². The molecule has 0 unspecified atom stereocenters. The van der Waals surface area contributed by atoms with Gasteiger partial charge in [-0.1, -0.05) is 0 Å². The summed E-state index contributed by atoms with van der Waals surface area (Å²) in [6, 6.07) is 1.68. The number of rotatable bonds is 2. The van der Waals surface area contributed by atoms with E-state index in [9.17, 15) is 9.59 Å². The lowest BCUT2D eigenvalue weighted by Crippen LogP contribution is -2.35. The summed E-state index contributed by atoms with van der Waals surface area (Å²) in [5, 5.41) is 15.9. The van der Waals surface area contributed by atoms with E-state index in [4.69, 9.17) is 16.4 Å². The average molecular weight is 259 g/mol. The van der Waals surface area contributed by atoms with Crippen LogP contribution in [0.1, 0.15) is 11.3 Å². The van der Waals surface area contributed by atoms with Crippen LogP contribution < -0.4 is 17.0 Å². The topological polar surface area (TPSA) is 143 Å². The van der Waals surface area contributed by atoms with Gasteiger partial charge in [-0.05, 0) is 0 Å². The number of nitrogens with two attached hydrogens (primary N) is 1. The van der Waals surface area contributed by atoms with Crippen molar-refractivity contribution >= 4 is 18.4 Å². The molecule has 1 rings (SSSR count). The second-order valence-electron chi connectivity index (χ2n) is 3.11. The van der Waals surface area contributed by atoms with Gasteiger partial charge in [-0.15, -0.1) is 12.4 Å². The number of nitrogens with zero attached hydrogens (tertiary/aromatic N) is 2. The fourth-order valence-electron chi connectivity index (χ4n) is 1.09. The number of hydrogen-bond donors (Lipinski definition) is 4. The Morgan fingerprint density at radius 3 is 2.59 bits per heavy atom. The molecule has 0 radical (unpaired) electrons. The number of hydrogen-bond acceptors (Lipinski definition) is 4. The first kappa shape index (κ1) is 14.7. The number of nitriles is 1. The molecule has 0 fully saturated rings. The van der Waals surface area contributed by atoms with Crippen LogP contribution in [0.25, 0.3) is 0 Å². The van der Waals surface area contributed by atoms with Crippen LogP contribution in [0.4, 0.5) is 0 Å². The van der Waals surface area contributed by atoms with E-state index in [1.54, 1.807) is 6.07 Å². The second kappa shape index (κ2) is 5.72. The Balaban J connectivity index is 0.00000256. The SMILES string of the molecule is CN(Cc1[nH]c(=O)[nH]c(=O)c1C#N)C(=N)N.Cl. The number of guanidine groups is 1. The zero-order valence-electron chi connectivity index (χ0n) is 8.90. The minimum Gasteiger partial charge on any atom is -0.370 e. The third-order valence-corrected chi connectivity index (χ3v) is 1.94. The van der Waals surface area contributed by atoms with E-state index in [-0.39, 0.29) is 36.2 Å². The average Bonchev–Trinajstić information content (AvgIpc) is 2.16. The minimum atomic E-state index is -0.752. The van der Waals surface area contributed by atoms with Gasteiger partial charge in [0.05, 0.1) is 12.2 Å². The molecule has 1 heterocycles. The van der Waals surface area contributed by atoms with Crippen molar-refractivity contribution in [1.29, 1.82) is 10.7 Å². The first-order chi connectivity index (χ1) is 7.45. The summed E-state index contributed by atoms with van der Waals surface area (Å²) < 4.78 is 0. The van der Waals surface area contributed by atoms with Crippen LogP contribution in [0.2, 0.25) is 0 Å². The summed E-state index contributed by atoms with van der Waals surface area (Å²) in [6.07, 6.45) is 0. The Bertz CT molecular complexity index is 569. The number of nitrogens with one attached hydrogen (secondary N) is 3. The highest BCUT2D eigenvalue weighted by Crippen LogP contribution is 1.99. The number of aromatic nitrogens is 2. The van der Waals surface area contributed by atoms with Gasteiger partial charge in [0.2, 0.25) is 0 Å². The van der Waals surface area contributed by atoms with E-state index < -0.39 is 11.2 Å². The summed E-state index contributed by atoms with van der Waals surface area (Å²) >= 11 is 0. The normalized spacial score (nSPS) is 8.94. The molecule has 0 bridgehead atoms. The van der Waals surface area contributed by atoms with E-state index in [2.05, 4.69) is 4.98 Å². The molecule has 9 heteroatoms.